The molecule has 2 rings (SSSR count). The highest BCUT2D eigenvalue weighted by atomic mass is 32.2. The van der Waals surface area contributed by atoms with E-state index in [0.717, 1.165) is 29.9 Å². The number of hydrogen-bond donors (Lipinski definition) is 0. The summed E-state index contributed by atoms with van der Waals surface area (Å²) in [5, 5.41) is 0. The number of fused-ring (bicyclic) bond motifs is 1. The molecule has 0 saturated carbocycles. The molecule has 1 aromatic carbocycles. The Hall–Kier alpha value is -0.960. The van der Waals surface area contributed by atoms with Gasteiger partial charge in [-0.15, -0.1) is 11.8 Å². The van der Waals surface area contributed by atoms with Gasteiger partial charge < -0.3 is 4.74 Å². The lowest BCUT2D eigenvalue weighted by Gasteiger charge is -2.32. The molecule has 1 aliphatic rings. The number of carbonyl (C=O) groups excluding carboxylic acids is 1. The summed E-state index contributed by atoms with van der Waals surface area (Å²) in [6.45, 7) is 9.10. The van der Waals surface area contributed by atoms with Crippen LogP contribution in [-0.4, -0.2) is 18.1 Å². The normalized spacial score (nSPS) is 16.0. The summed E-state index contributed by atoms with van der Waals surface area (Å²) >= 11 is 1.88. The fourth-order valence-corrected chi connectivity index (χ4v) is 4.56. The molecule has 0 fully saturated rings. The van der Waals surface area contributed by atoms with Crippen molar-refractivity contribution in [3.63, 3.8) is 0 Å². The van der Waals surface area contributed by atoms with Crippen LogP contribution in [0.5, 0.6) is 5.75 Å². The summed E-state index contributed by atoms with van der Waals surface area (Å²) in [5.74, 6) is 2.01. The Labute approximate surface area is 145 Å². The van der Waals surface area contributed by atoms with Crippen molar-refractivity contribution in [2.45, 2.75) is 76.5 Å². The average molecular weight is 335 g/mol. The second-order valence-corrected chi connectivity index (χ2v) is 8.28. The van der Waals surface area contributed by atoms with E-state index in [2.05, 4.69) is 32.9 Å². The van der Waals surface area contributed by atoms with Gasteiger partial charge in [0, 0.05) is 4.90 Å². The van der Waals surface area contributed by atoms with Gasteiger partial charge in [-0.2, -0.15) is 0 Å². The number of carbonyl (C=O) groups is 1. The van der Waals surface area contributed by atoms with Crippen LogP contribution in [0.4, 0.5) is 0 Å². The van der Waals surface area contributed by atoms with Gasteiger partial charge in [0.15, 0.2) is 5.78 Å². The Bertz CT molecular complexity index is 549. The van der Waals surface area contributed by atoms with Crippen LogP contribution in [0.1, 0.15) is 82.1 Å². The number of ether oxygens (including phenoxy) is 1. The quantitative estimate of drug-likeness (QED) is 0.430. The van der Waals surface area contributed by atoms with Gasteiger partial charge in [-0.3, -0.25) is 4.79 Å². The Balaban J connectivity index is 2.11. The molecule has 0 bridgehead atoms. The minimum absolute atomic E-state index is 0.0974. The lowest BCUT2D eigenvalue weighted by molar-refractivity contribution is 0.101. The van der Waals surface area contributed by atoms with E-state index in [9.17, 15) is 4.79 Å². The number of benzene rings is 1. The summed E-state index contributed by atoms with van der Waals surface area (Å²) in [4.78, 5) is 13.3. The number of unbranched alkanes of at least 4 members (excludes halogenated alkanes) is 4. The molecule has 0 unspecified atom stereocenters. The number of thioether (sulfide) groups is 1. The highest BCUT2D eigenvalue weighted by Gasteiger charge is 2.29. The van der Waals surface area contributed by atoms with Crippen LogP contribution in [0.3, 0.4) is 0 Å². The Kier molecular flexibility index (Phi) is 6.58. The predicted molar refractivity (Wildman–Crippen MR) is 99.1 cm³/mol. The van der Waals surface area contributed by atoms with Gasteiger partial charge in [0.2, 0.25) is 0 Å². The van der Waals surface area contributed by atoms with E-state index in [1.54, 1.807) is 6.92 Å². The summed E-state index contributed by atoms with van der Waals surface area (Å²) in [6.07, 6.45) is 7.24. The SMILES string of the molecule is CCCCCCCOc1cc2c(cc1C(C)=O)C(C)(C)CCS2. The van der Waals surface area contributed by atoms with E-state index < -0.39 is 0 Å². The van der Waals surface area contributed by atoms with Crippen LogP contribution in [0, 0.1) is 0 Å². The van der Waals surface area contributed by atoms with Gasteiger partial charge in [-0.1, -0.05) is 46.5 Å². The second kappa shape index (κ2) is 8.23. The Morgan fingerprint density at radius 1 is 1.22 bits per heavy atom. The third-order valence-electron chi connectivity index (χ3n) is 4.68. The van der Waals surface area contributed by atoms with Crippen molar-refractivity contribution in [1.29, 1.82) is 0 Å². The summed E-state index contributed by atoms with van der Waals surface area (Å²) < 4.78 is 5.98. The molecule has 0 amide bonds. The van der Waals surface area contributed by atoms with Crippen molar-refractivity contribution in [3.8, 4) is 5.75 Å². The van der Waals surface area contributed by atoms with Gasteiger partial charge >= 0.3 is 0 Å². The Morgan fingerprint density at radius 3 is 2.65 bits per heavy atom. The van der Waals surface area contributed by atoms with Crippen LogP contribution in [-0.2, 0) is 5.41 Å². The van der Waals surface area contributed by atoms with Gasteiger partial charge in [0.05, 0.1) is 12.2 Å². The van der Waals surface area contributed by atoms with E-state index in [1.807, 2.05) is 11.8 Å². The average Bonchev–Trinajstić information content (AvgIpc) is 2.49. The molecule has 0 atom stereocenters. The zero-order valence-corrected chi connectivity index (χ0v) is 15.9. The topological polar surface area (TPSA) is 26.3 Å². The molecule has 1 aliphatic heterocycles. The van der Waals surface area contributed by atoms with Gasteiger partial charge in [0.1, 0.15) is 5.75 Å². The molecule has 0 N–H and O–H groups in total. The number of hydrogen-bond acceptors (Lipinski definition) is 3. The lowest BCUT2D eigenvalue weighted by Crippen LogP contribution is -2.23. The maximum atomic E-state index is 12.1. The van der Waals surface area contributed by atoms with Gasteiger partial charge in [-0.05, 0) is 48.6 Å². The standard InChI is InChI=1S/C20H30O2S/c1-5-6-7-8-9-11-22-18-14-19-17(13-16(18)15(2)21)20(3,4)10-12-23-19/h13-14H,5-12H2,1-4H3. The fourth-order valence-electron chi connectivity index (χ4n) is 3.04. The summed E-state index contributed by atoms with van der Waals surface area (Å²) in [6, 6.07) is 4.18. The van der Waals surface area contributed by atoms with Crippen molar-refractivity contribution in [3.05, 3.63) is 23.3 Å². The van der Waals surface area contributed by atoms with E-state index in [4.69, 9.17) is 4.74 Å². The molecule has 1 heterocycles. The van der Waals surface area contributed by atoms with Crippen LogP contribution in [0.15, 0.2) is 17.0 Å². The van der Waals surface area contributed by atoms with Crippen molar-refractivity contribution in [1.82, 2.24) is 0 Å². The lowest BCUT2D eigenvalue weighted by atomic mass is 9.80. The van der Waals surface area contributed by atoms with Crippen molar-refractivity contribution < 1.29 is 9.53 Å². The zero-order chi connectivity index (χ0) is 16.9. The van der Waals surface area contributed by atoms with E-state index in [0.29, 0.717) is 6.61 Å². The second-order valence-electron chi connectivity index (χ2n) is 7.15. The molecule has 23 heavy (non-hydrogen) atoms. The fraction of sp³-hybridized carbons (Fsp3) is 0.650. The van der Waals surface area contributed by atoms with Crippen molar-refractivity contribution in [2.24, 2.45) is 0 Å². The summed E-state index contributed by atoms with van der Waals surface area (Å²) in [7, 11) is 0. The molecule has 128 valence electrons. The smallest absolute Gasteiger partial charge is 0.163 e. The molecular weight excluding hydrogens is 304 g/mol. The molecule has 0 saturated heterocycles. The van der Waals surface area contributed by atoms with E-state index in [-0.39, 0.29) is 11.2 Å². The third kappa shape index (κ3) is 4.76. The first-order valence-corrected chi connectivity index (χ1v) is 9.89. The van der Waals surface area contributed by atoms with E-state index in [1.165, 1.54) is 36.1 Å². The van der Waals surface area contributed by atoms with E-state index >= 15 is 0 Å². The van der Waals surface area contributed by atoms with Crippen LogP contribution >= 0.6 is 11.8 Å². The maximum Gasteiger partial charge on any atom is 0.163 e. The van der Waals surface area contributed by atoms with Crippen molar-refractivity contribution in [2.75, 3.05) is 12.4 Å². The molecule has 0 radical (unpaired) electrons. The monoisotopic (exact) mass is 334 g/mol. The van der Waals surface area contributed by atoms with Crippen LogP contribution < -0.4 is 4.74 Å². The molecule has 0 aromatic heterocycles. The van der Waals surface area contributed by atoms with Gasteiger partial charge in [-0.25, -0.2) is 0 Å². The van der Waals surface area contributed by atoms with Crippen LogP contribution in [0.2, 0.25) is 0 Å². The molecule has 3 heteroatoms. The zero-order valence-electron chi connectivity index (χ0n) is 15.0. The number of Topliss-reactive ketones (excluding diaryl/α,β-unsaturated/α-hetero) is 1. The highest BCUT2D eigenvalue weighted by Crippen LogP contribution is 2.44. The molecule has 2 nitrogen and oxygen atoms in total. The molecule has 0 aliphatic carbocycles. The third-order valence-corrected chi connectivity index (χ3v) is 5.74. The largest absolute Gasteiger partial charge is 0.493 e. The molecule has 0 spiro atoms. The minimum Gasteiger partial charge on any atom is -0.493 e. The predicted octanol–water partition coefficient (Wildman–Crippen LogP) is 6.01. The summed E-state index contributed by atoms with van der Waals surface area (Å²) in [5.41, 5.74) is 2.19. The van der Waals surface area contributed by atoms with Crippen molar-refractivity contribution >= 4 is 17.5 Å². The molecule has 1 aromatic rings. The first-order valence-electron chi connectivity index (χ1n) is 8.91. The number of ketones is 1. The first kappa shape index (κ1) is 18.4. The number of rotatable bonds is 8. The van der Waals surface area contributed by atoms with Crippen LogP contribution in [0.25, 0.3) is 0 Å². The minimum atomic E-state index is 0.0974. The maximum absolute atomic E-state index is 12.1. The Morgan fingerprint density at radius 2 is 1.96 bits per heavy atom. The first-order chi connectivity index (χ1) is 11.0. The molecular formula is C20H30O2S. The highest BCUT2D eigenvalue weighted by molar-refractivity contribution is 7.99. The van der Waals surface area contributed by atoms with Gasteiger partial charge in [0.25, 0.3) is 0 Å².